The lowest BCUT2D eigenvalue weighted by atomic mass is 9.74. The number of piperidine rings is 1. The van der Waals surface area contributed by atoms with E-state index in [1.165, 1.54) is 58.3 Å². The molecule has 0 aromatic carbocycles. The molecule has 3 rings (SSSR count). The zero-order valence-electron chi connectivity index (χ0n) is 11.0. The standard InChI is InChI=1S/C13H24N2O.2ClH/c1-3-13(11-16-9-1)4-7-15(8-5-13)12-2-6-14-10-12;;/h12,14H,1-11H2;2*1H/t12-;;/m0../s1. The van der Waals surface area contributed by atoms with Crippen molar-refractivity contribution < 1.29 is 4.74 Å². The zero-order chi connectivity index (χ0) is 10.8. The van der Waals surface area contributed by atoms with E-state index in [-0.39, 0.29) is 24.8 Å². The van der Waals surface area contributed by atoms with E-state index in [2.05, 4.69) is 10.2 Å². The summed E-state index contributed by atoms with van der Waals surface area (Å²) in [6, 6.07) is 0.821. The van der Waals surface area contributed by atoms with Crippen LogP contribution in [0, 0.1) is 5.41 Å². The van der Waals surface area contributed by atoms with Crippen molar-refractivity contribution in [3.63, 3.8) is 0 Å². The third kappa shape index (κ3) is 3.51. The first-order valence-corrected chi connectivity index (χ1v) is 6.91. The lowest BCUT2D eigenvalue weighted by Gasteiger charge is -2.45. The number of hydrogen-bond donors (Lipinski definition) is 1. The number of hydrogen-bond acceptors (Lipinski definition) is 3. The number of rotatable bonds is 1. The normalized spacial score (nSPS) is 31.7. The van der Waals surface area contributed by atoms with E-state index in [1.807, 2.05) is 0 Å². The van der Waals surface area contributed by atoms with Crippen molar-refractivity contribution in [3.05, 3.63) is 0 Å². The Morgan fingerprint density at radius 1 is 1.11 bits per heavy atom. The molecule has 0 unspecified atom stereocenters. The van der Waals surface area contributed by atoms with Crippen LogP contribution in [-0.4, -0.2) is 50.3 Å². The van der Waals surface area contributed by atoms with E-state index in [1.54, 1.807) is 0 Å². The van der Waals surface area contributed by atoms with Gasteiger partial charge in [-0.05, 0) is 57.2 Å². The second-order valence-electron chi connectivity index (χ2n) is 5.84. The van der Waals surface area contributed by atoms with Gasteiger partial charge in [0.2, 0.25) is 0 Å². The molecule has 1 N–H and O–H groups in total. The third-order valence-electron chi connectivity index (χ3n) is 4.81. The maximum Gasteiger partial charge on any atom is 0.0523 e. The Morgan fingerprint density at radius 3 is 2.44 bits per heavy atom. The Kier molecular flexibility index (Phi) is 6.70. The van der Waals surface area contributed by atoms with Gasteiger partial charge in [-0.15, -0.1) is 24.8 Å². The first-order valence-electron chi connectivity index (χ1n) is 6.91. The molecule has 0 radical (unpaired) electrons. The van der Waals surface area contributed by atoms with Crippen LogP contribution in [0.5, 0.6) is 0 Å². The Bertz CT molecular complexity index is 231. The molecule has 108 valence electrons. The molecular formula is C13H26Cl2N2O. The van der Waals surface area contributed by atoms with Crippen molar-refractivity contribution >= 4 is 24.8 Å². The number of nitrogens with zero attached hydrogens (tertiary/aromatic N) is 1. The molecule has 0 bridgehead atoms. The van der Waals surface area contributed by atoms with E-state index < -0.39 is 0 Å². The van der Waals surface area contributed by atoms with Crippen LogP contribution in [0.1, 0.15) is 32.1 Å². The van der Waals surface area contributed by atoms with Gasteiger partial charge in [-0.25, -0.2) is 0 Å². The second-order valence-corrected chi connectivity index (χ2v) is 5.84. The summed E-state index contributed by atoms with van der Waals surface area (Å²) in [6.45, 7) is 7.06. The molecule has 3 fully saturated rings. The van der Waals surface area contributed by atoms with E-state index in [0.717, 1.165) is 19.3 Å². The fraction of sp³-hybridized carbons (Fsp3) is 1.00. The van der Waals surface area contributed by atoms with Crippen LogP contribution in [0.3, 0.4) is 0 Å². The lowest BCUT2D eigenvalue weighted by Crippen LogP contribution is -2.48. The maximum atomic E-state index is 5.69. The van der Waals surface area contributed by atoms with Crippen molar-refractivity contribution in [2.24, 2.45) is 5.41 Å². The smallest absolute Gasteiger partial charge is 0.0523 e. The zero-order valence-corrected chi connectivity index (χ0v) is 12.7. The first kappa shape index (κ1) is 16.5. The topological polar surface area (TPSA) is 24.5 Å². The molecule has 0 aliphatic carbocycles. The summed E-state index contributed by atoms with van der Waals surface area (Å²) >= 11 is 0. The number of ether oxygens (including phenoxy) is 1. The minimum atomic E-state index is 0. The molecule has 3 aliphatic heterocycles. The highest BCUT2D eigenvalue weighted by atomic mass is 35.5. The van der Waals surface area contributed by atoms with Gasteiger partial charge < -0.3 is 10.1 Å². The molecule has 0 aromatic rings. The Morgan fingerprint density at radius 2 is 1.89 bits per heavy atom. The molecule has 3 aliphatic rings. The molecule has 0 amide bonds. The lowest BCUT2D eigenvalue weighted by molar-refractivity contribution is -0.0474. The molecule has 3 nitrogen and oxygen atoms in total. The monoisotopic (exact) mass is 296 g/mol. The highest BCUT2D eigenvalue weighted by molar-refractivity contribution is 5.85. The molecular weight excluding hydrogens is 271 g/mol. The average molecular weight is 297 g/mol. The molecule has 18 heavy (non-hydrogen) atoms. The first-order chi connectivity index (χ1) is 7.88. The van der Waals surface area contributed by atoms with Crippen LogP contribution in [0.4, 0.5) is 0 Å². The Balaban J connectivity index is 0.000000810. The van der Waals surface area contributed by atoms with Crippen molar-refractivity contribution in [1.82, 2.24) is 10.2 Å². The number of likely N-dealkylation sites (tertiary alicyclic amines) is 1. The Hall–Kier alpha value is 0.460. The van der Waals surface area contributed by atoms with Crippen molar-refractivity contribution in [2.75, 3.05) is 39.4 Å². The summed E-state index contributed by atoms with van der Waals surface area (Å²) in [5.74, 6) is 0. The summed E-state index contributed by atoms with van der Waals surface area (Å²) in [5.41, 5.74) is 0.556. The predicted octanol–water partition coefficient (Wildman–Crippen LogP) is 2.08. The van der Waals surface area contributed by atoms with Crippen LogP contribution < -0.4 is 5.32 Å². The summed E-state index contributed by atoms with van der Waals surface area (Å²) in [7, 11) is 0. The molecule has 0 aromatic heterocycles. The Labute approximate surface area is 123 Å². The van der Waals surface area contributed by atoms with E-state index in [4.69, 9.17) is 4.74 Å². The van der Waals surface area contributed by atoms with Gasteiger partial charge in [-0.1, -0.05) is 0 Å². The maximum absolute atomic E-state index is 5.69. The molecule has 3 heterocycles. The van der Waals surface area contributed by atoms with Gasteiger partial charge in [0, 0.05) is 19.2 Å². The van der Waals surface area contributed by atoms with Gasteiger partial charge in [0.05, 0.1) is 6.61 Å². The number of nitrogens with one attached hydrogen (secondary N) is 1. The summed E-state index contributed by atoms with van der Waals surface area (Å²) in [4.78, 5) is 2.71. The number of halogens is 2. The van der Waals surface area contributed by atoms with Gasteiger partial charge in [-0.3, -0.25) is 4.90 Å². The largest absolute Gasteiger partial charge is 0.381 e. The average Bonchev–Trinajstić information content (AvgIpc) is 2.85. The van der Waals surface area contributed by atoms with E-state index >= 15 is 0 Å². The molecule has 1 spiro atoms. The highest BCUT2D eigenvalue weighted by Gasteiger charge is 2.38. The van der Waals surface area contributed by atoms with Gasteiger partial charge in [0.25, 0.3) is 0 Å². The summed E-state index contributed by atoms with van der Waals surface area (Å²) in [5, 5.41) is 3.47. The van der Waals surface area contributed by atoms with Crippen molar-refractivity contribution in [3.8, 4) is 0 Å². The molecule has 0 saturated carbocycles. The van der Waals surface area contributed by atoms with Crippen LogP contribution >= 0.6 is 24.8 Å². The van der Waals surface area contributed by atoms with Crippen molar-refractivity contribution in [2.45, 2.75) is 38.1 Å². The van der Waals surface area contributed by atoms with E-state index in [0.29, 0.717) is 5.41 Å². The predicted molar refractivity (Wildman–Crippen MR) is 79.1 cm³/mol. The van der Waals surface area contributed by atoms with Crippen LogP contribution in [-0.2, 0) is 4.74 Å². The van der Waals surface area contributed by atoms with E-state index in [9.17, 15) is 0 Å². The van der Waals surface area contributed by atoms with Gasteiger partial charge in [-0.2, -0.15) is 0 Å². The molecule has 3 saturated heterocycles. The third-order valence-corrected chi connectivity index (χ3v) is 4.81. The summed E-state index contributed by atoms with van der Waals surface area (Å²) < 4.78 is 5.69. The summed E-state index contributed by atoms with van der Waals surface area (Å²) in [6.07, 6.45) is 6.77. The van der Waals surface area contributed by atoms with Gasteiger partial charge >= 0.3 is 0 Å². The quantitative estimate of drug-likeness (QED) is 0.802. The minimum absolute atomic E-state index is 0. The van der Waals surface area contributed by atoms with Crippen LogP contribution in [0.25, 0.3) is 0 Å². The van der Waals surface area contributed by atoms with Gasteiger partial charge in [0.1, 0.15) is 0 Å². The molecule has 1 atom stereocenters. The minimum Gasteiger partial charge on any atom is -0.381 e. The SMILES string of the molecule is C1COCC2(C1)CCN([C@H]1CCNC1)CC2.Cl.Cl. The molecule has 5 heteroatoms. The van der Waals surface area contributed by atoms with Crippen LogP contribution in [0.2, 0.25) is 0 Å². The second kappa shape index (κ2) is 7.30. The fourth-order valence-corrected chi connectivity index (χ4v) is 3.62. The fourth-order valence-electron chi connectivity index (χ4n) is 3.62. The highest BCUT2D eigenvalue weighted by Crippen LogP contribution is 2.39. The van der Waals surface area contributed by atoms with Gasteiger partial charge in [0.15, 0.2) is 0 Å². The van der Waals surface area contributed by atoms with Crippen molar-refractivity contribution in [1.29, 1.82) is 0 Å². The van der Waals surface area contributed by atoms with Crippen LogP contribution in [0.15, 0.2) is 0 Å².